The lowest BCUT2D eigenvalue weighted by Gasteiger charge is -2.21. The number of benzene rings is 2. The topological polar surface area (TPSA) is 20.3 Å². The maximum absolute atomic E-state index is 12.4. The number of aryl methyl sites for hydroxylation is 1. The van der Waals surface area contributed by atoms with Crippen LogP contribution in [0.25, 0.3) is 0 Å². The first kappa shape index (κ1) is 13.3. The van der Waals surface area contributed by atoms with Crippen molar-refractivity contribution in [1.82, 2.24) is 4.90 Å². The van der Waals surface area contributed by atoms with Gasteiger partial charge in [-0.1, -0.05) is 48.0 Å². The lowest BCUT2D eigenvalue weighted by Crippen LogP contribution is -2.30. The highest BCUT2D eigenvalue weighted by molar-refractivity contribution is 5.94. The summed E-state index contributed by atoms with van der Waals surface area (Å²) in [6.45, 7) is 5.40. The molecule has 98 valence electrons. The minimum Gasteiger partial charge on any atom is -0.335 e. The molecule has 2 nitrogen and oxygen atoms in total. The molecule has 0 heterocycles. The Morgan fingerprint density at radius 3 is 2.21 bits per heavy atom. The number of nitrogens with zero attached hydrogens (tertiary/aromatic N) is 1. The van der Waals surface area contributed by atoms with Crippen molar-refractivity contribution in [3.05, 3.63) is 71.3 Å². The molecule has 2 heteroatoms. The molecule has 0 aliphatic heterocycles. The van der Waals surface area contributed by atoms with E-state index in [1.165, 1.54) is 5.56 Å². The first-order valence-corrected chi connectivity index (χ1v) is 6.60. The fourth-order valence-corrected chi connectivity index (χ4v) is 2.01. The van der Waals surface area contributed by atoms with Crippen LogP contribution in [0.3, 0.4) is 0 Å². The molecule has 0 saturated carbocycles. The summed E-state index contributed by atoms with van der Waals surface area (Å²) >= 11 is 0. The highest BCUT2D eigenvalue weighted by Gasteiger charge is 2.13. The number of amides is 1. The van der Waals surface area contributed by atoms with Gasteiger partial charge in [-0.2, -0.15) is 0 Å². The molecular formula is C17H19NO. The van der Waals surface area contributed by atoms with E-state index in [4.69, 9.17) is 0 Å². The molecule has 19 heavy (non-hydrogen) atoms. The summed E-state index contributed by atoms with van der Waals surface area (Å²) in [5.74, 6) is 0.0892. The van der Waals surface area contributed by atoms with Crippen LogP contribution < -0.4 is 0 Å². The van der Waals surface area contributed by atoms with Gasteiger partial charge in [-0.05, 0) is 31.5 Å². The van der Waals surface area contributed by atoms with Gasteiger partial charge in [-0.3, -0.25) is 4.79 Å². The monoisotopic (exact) mass is 253 g/mol. The second kappa shape index (κ2) is 6.19. The molecule has 0 spiro atoms. The maximum Gasteiger partial charge on any atom is 0.254 e. The van der Waals surface area contributed by atoms with E-state index in [0.717, 1.165) is 11.1 Å². The predicted molar refractivity (Wildman–Crippen MR) is 78.0 cm³/mol. The van der Waals surface area contributed by atoms with E-state index < -0.39 is 0 Å². The normalized spacial score (nSPS) is 10.2. The Bertz CT molecular complexity index is 531. The molecule has 1 amide bonds. The van der Waals surface area contributed by atoms with Crippen molar-refractivity contribution in [2.45, 2.75) is 20.4 Å². The van der Waals surface area contributed by atoms with Crippen LogP contribution >= 0.6 is 0 Å². The molecule has 0 aliphatic rings. The third-order valence-electron chi connectivity index (χ3n) is 3.18. The molecule has 0 aromatic heterocycles. The van der Waals surface area contributed by atoms with Crippen molar-refractivity contribution >= 4 is 5.91 Å². The van der Waals surface area contributed by atoms with Crippen LogP contribution in [0.4, 0.5) is 0 Å². The number of hydrogen-bond donors (Lipinski definition) is 0. The quantitative estimate of drug-likeness (QED) is 0.814. The summed E-state index contributed by atoms with van der Waals surface area (Å²) in [6.07, 6.45) is 0. The van der Waals surface area contributed by atoms with Crippen LogP contribution in [0.2, 0.25) is 0 Å². The predicted octanol–water partition coefficient (Wildman–Crippen LogP) is 3.66. The Labute approximate surface area is 114 Å². The van der Waals surface area contributed by atoms with E-state index in [9.17, 15) is 4.79 Å². The minimum absolute atomic E-state index is 0.0892. The zero-order chi connectivity index (χ0) is 13.7. The van der Waals surface area contributed by atoms with Gasteiger partial charge in [0.2, 0.25) is 0 Å². The standard InChI is InChI=1S/C17H19NO/c1-3-18(13-15-7-5-4-6-8-15)17(19)16-11-9-14(2)10-12-16/h4-12H,3,13H2,1-2H3. The summed E-state index contributed by atoms with van der Waals surface area (Å²) < 4.78 is 0. The largest absolute Gasteiger partial charge is 0.335 e. The lowest BCUT2D eigenvalue weighted by atomic mass is 10.1. The third-order valence-corrected chi connectivity index (χ3v) is 3.18. The molecule has 0 unspecified atom stereocenters. The van der Waals surface area contributed by atoms with E-state index in [1.807, 2.05) is 73.3 Å². The fourth-order valence-electron chi connectivity index (χ4n) is 2.01. The fraction of sp³-hybridized carbons (Fsp3) is 0.235. The highest BCUT2D eigenvalue weighted by atomic mass is 16.2. The smallest absolute Gasteiger partial charge is 0.254 e. The van der Waals surface area contributed by atoms with E-state index in [0.29, 0.717) is 13.1 Å². The van der Waals surface area contributed by atoms with Crippen molar-refractivity contribution in [1.29, 1.82) is 0 Å². The molecule has 0 aliphatic carbocycles. The maximum atomic E-state index is 12.4. The Hall–Kier alpha value is -2.09. The average Bonchev–Trinajstić information content (AvgIpc) is 2.46. The average molecular weight is 253 g/mol. The van der Waals surface area contributed by atoms with Crippen LogP contribution in [0.1, 0.15) is 28.4 Å². The van der Waals surface area contributed by atoms with Crippen molar-refractivity contribution < 1.29 is 4.79 Å². The van der Waals surface area contributed by atoms with Crippen LogP contribution in [0.5, 0.6) is 0 Å². The number of carbonyl (C=O) groups is 1. The second-order valence-corrected chi connectivity index (χ2v) is 4.67. The minimum atomic E-state index is 0.0892. The van der Waals surface area contributed by atoms with Crippen molar-refractivity contribution in [3.8, 4) is 0 Å². The van der Waals surface area contributed by atoms with Gasteiger partial charge in [-0.25, -0.2) is 0 Å². The molecule has 2 aromatic carbocycles. The third kappa shape index (κ3) is 3.44. The molecule has 0 N–H and O–H groups in total. The first-order valence-electron chi connectivity index (χ1n) is 6.60. The SMILES string of the molecule is CCN(Cc1ccccc1)C(=O)c1ccc(C)cc1. The van der Waals surface area contributed by atoms with E-state index in [1.54, 1.807) is 0 Å². The lowest BCUT2D eigenvalue weighted by molar-refractivity contribution is 0.0752. The molecule has 0 saturated heterocycles. The van der Waals surface area contributed by atoms with Gasteiger partial charge < -0.3 is 4.90 Å². The van der Waals surface area contributed by atoms with Gasteiger partial charge >= 0.3 is 0 Å². The van der Waals surface area contributed by atoms with Crippen molar-refractivity contribution in [3.63, 3.8) is 0 Å². The number of rotatable bonds is 4. The van der Waals surface area contributed by atoms with Crippen LogP contribution in [-0.4, -0.2) is 17.4 Å². The van der Waals surface area contributed by atoms with Gasteiger partial charge in [-0.15, -0.1) is 0 Å². The van der Waals surface area contributed by atoms with Crippen LogP contribution in [-0.2, 0) is 6.54 Å². The van der Waals surface area contributed by atoms with E-state index in [2.05, 4.69) is 0 Å². The molecule has 2 aromatic rings. The Morgan fingerprint density at radius 1 is 1.00 bits per heavy atom. The number of carbonyl (C=O) groups excluding carboxylic acids is 1. The molecule has 0 atom stereocenters. The van der Waals surface area contributed by atoms with Gasteiger partial charge in [0.25, 0.3) is 5.91 Å². The van der Waals surface area contributed by atoms with Crippen LogP contribution in [0, 0.1) is 6.92 Å². The second-order valence-electron chi connectivity index (χ2n) is 4.67. The first-order chi connectivity index (χ1) is 9.20. The molecular weight excluding hydrogens is 234 g/mol. The summed E-state index contributed by atoms with van der Waals surface area (Å²) in [5, 5.41) is 0. The van der Waals surface area contributed by atoms with Crippen molar-refractivity contribution in [2.24, 2.45) is 0 Å². The van der Waals surface area contributed by atoms with E-state index >= 15 is 0 Å². The van der Waals surface area contributed by atoms with Crippen molar-refractivity contribution in [2.75, 3.05) is 6.54 Å². The molecule has 0 bridgehead atoms. The number of hydrogen-bond acceptors (Lipinski definition) is 1. The summed E-state index contributed by atoms with van der Waals surface area (Å²) in [7, 11) is 0. The molecule has 0 fully saturated rings. The van der Waals surface area contributed by atoms with Gasteiger partial charge in [0.15, 0.2) is 0 Å². The zero-order valence-electron chi connectivity index (χ0n) is 11.5. The summed E-state index contributed by atoms with van der Waals surface area (Å²) in [4.78, 5) is 14.3. The molecule has 2 rings (SSSR count). The summed E-state index contributed by atoms with van der Waals surface area (Å²) in [5.41, 5.74) is 3.08. The van der Waals surface area contributed by atoms with Crippen LogP contribution in [0.15, 0.2) is 54.6 Å². The van der Waals surface area contributed by atoms with Gasteiger partial charge in [0.1, 0.15) is 0 Å². The van der Waals surface area contributed by atoms with Gasteiger partial charge in [0.05, 0.1) is 0 Å². The van der Waals surface area contributed by atoms with Gasteiger partial charge in [0, 0.05) is 18.7 Å². The highest BCUT2D eigenvalue weighted by Crippen LogP contribution is 2.10. The summed E-state index contributed by atoms with van der Waals surface area (Å²) in [6, 6.07) is 17.8. The Morgan fingerprint density at radius 2 is 1.63 bits per heavy atom. The Balaban J connectivity index is 2.13. The van der Waals surface area contributed by atoms with E-state index in [-0.39, 0.29) is 5.91 Å². The Kier molecular flexibility index (Phi) is 4.35. The molecule has 0 radical (unpaired) electrons. The zero-order valence-corrected chi connectivity index (χ0v) is 11.5.